The number of benzene rings is 1. The molecule has 154 valence electrons. The quantitative estimate of drug-likeness (QED) is 0.552. The zero-order valence-corrected chi connectivity index (χ0v) is 18.7. The van der Waals surface area contributed by atoms with E-state index in [9.17, 15) is 4.79 Å². The molecule has 1 aliphatic carbocycles. The number of anilines is 2. The van der Waals surface area contributed by atoms with Gasteiger partial charge in [0.1, 0.15) is 0 Å². The lowest BCUT2D eigenvalue weighted by Gasteiger charge is -2.22. The fraction of sp³-hybridized carbons (Fsp3) is 0.500. The minimum atomic E-state index is -0.0658. The summed E-state index contributed by atoms with van der Waals surface area (Å²) in [5, 5.41) is 22.3. The molecule has 29 heavy (non-hydrogen) atoms. The van der Waals surface area contributed by atoms with E-state index in [1.165, 1.54) is 55.2 Å². The normalized spacial score (nSPS) is 14.4. The Morgan fingerprint density at radius 3 is 2.90 bits per heavy atom. The number of amides is 1. The van der Waals surface area contributed by atoms with Crippen LogP contribution in [0.3, 0.4) is 0 Å². The van der Waals surface area contributed by atoms with Gasteiger partial charge in [-0.1, -0.05) is 54.0 Å². The van der Waals surface area contributed by atoms with E-state index in [-0.39, 0.29) is 18.1 Å². The van der Waals surface area contributed by atoms with E-state index in [1.54, 1.807) is 11.0 Å². The predicted molar refractivity (Wildman–Crippen MR) is 120 cm³/mol. The Hall–Kier alpha value is -1.82. The third-order valence-electron chi connectivity index (χ3n) is 4.86. The van der Waals surface area contributed by atoms with Gasteiger partial charge in [0, 0.05) is 23.3 Å². The maximum Gasteiger partial charge on any atom is 0.237 e. The van der Waals surface area contributed by atoms with Crippen LogP contribution >= 0.6 is 34.7 Å². The Labute approximate surface area is 184 Å². The Balaban J connectivity index is 1.59. The molecule has 1 heterocycles. The number of aromatic nitrogens is 2. The van der Waals surface area contributed by atoms with Crippen LogP contribution < -0.4 is 10.2 Å². The average molecular weight is 450 g/mol. The van der Waals surface area contributed by atoms with Crippen LogP contribution in [0, 0.1) is 18.3 Å². The zero-order chi connectivity index (χ0) is 20.6. The Morgan fingerprint density at radius 2 is 2.17 bits per heavy atom. The van der Waals surface area contributed by atoms with Crippen molar-refractivity contribution in [3.05, 3.63) is 28.8 Å². The van der Waals surface area contributed by atoms with Crippen LogP contribution in [0.15, 0.2) is 22.5 Å². The second-order valence-electron chi connectivity index (χ2n) is 7.03. The maximum absolute atomic E-state index is 12.8. The molecule has 3 rings (SSSR count). The van der Waals surface area contributed by atoms with Crippen molar-refractivity contribution >= 4 is 51.4 Å². The standard InChI is InChI=1S/C20H24ClN5OS2/c1-14-12-16(8-9-17(14)21)26(11-5-10-22)18(27)13-28-20-25-24-19(29-20)23-15-6-3-2-4-7-15/h8-9,12,15H,2-7,11,13H2,1H3,(H,23,24). The van der Waals surface area contributed by atoms with Gasteiger partial charge < -0.3 is 10.2 Å². The third-order valence-corrected chi connectivity index (χ3v) is 7.26. The molecular formula is C20H24ClN5OS2. The highest BCUT2D eigenvalue weighted by molar-refractivity contribution is 8.01. The average Bonchev–Trinajstić information content (AvgIpc) is 3.17. The molecule has 0 saturated heterocycles. The molecule has 1 aromatic carbocycles. The molecule has 1 aromatic heterocycles. The molecule has 0 unspecified atom stereocenters. The van der Waals surface area contributed by atoms with Gasteiger partial charge in [-0.05, 0) is 43.5 Å². The molecule has 2 aromatic rings. The molecule has 9 heteroatoms. The van der Waals surface area contributed by atoms with E-state index >= 15 is 0 Å². The van der Waals surface area contributed by atoms with Gasteiger partial charge in [-0.3, -0.25) is 4.79 Å². The first-order valence-corrected chi connectivity index (χ1v) is 11.9. The van der Waals surface area contributed by atoms with Gasteiger partial charge in [0.15, 0.2) is 4.34 Å². The lowest BCUT2D eigenvalue weighted by atomic mass is 9.96. The first kappa shape index (κ1) is 21.9. The number of nitrogens with zero attached hydrogens (tertiary/aromatic N) is 4. The molecule has 1 saturated carbocycles. The molecule has 1 fully saturated rings. The highest BCUT2D eigenvalue weighted by atomic mass is 35.5. The number of carbonyl (C=O) groups is 1. The van der Waals surface area contributed by atoms with E-state index in [4.69, 9.17) is 16.9 Å². The molecule has 1 amide bonds. The van der Waals surface area contributed by atoms with Gasteiger partial charge in [0.25, 0.3) is 0 Å². The highest BCUT2D eigenvalue weighted by Crippen LogP contribution is 2.29. The summed E-state index contributed by atoms with van der Waals surface area (Å²) in [6.45, 7) is 2.25. The molecule has 0 atom stereocenters. The number of hydrogen-bond donors (Lipinski definition) is 1. The first-order chi connectivity index (χ1) is 14.1. The van der Waals surface area contributed by atoms with Crippen molar-refractivity contribution in [2.24, 2.45) is 0 Å². The Bertz CT molecular complexity index is 876. The number of thioether (sulfide) groups is 1. The van der Waals surface area contributed by atoms with Crippen molar-refractivity contribution in [3.8, 4) is 6.07 Å². The number of carbonyl (C=O) groups excluding carboxylic acids is 1. The van der Waals surface area contributed by atoms with Crippen LogP contribution in [0.5, 0.6) is 0 Å². The van der Waals surface area contributed by atoms with Crippen LogP contribution in [0.1, 0.15) is 44.1 Å². The summed E-state index contributed by atoms with van der Waals surface area (Å²) >= 11 is 8.97. The Morgan fingerprint density at radius 1 is 1.38 bits per heavy atom. The zero-order valence-electron chi connectivity index (χ0n) is 16.4. The summed E-state index contributed by atoms with van der Waals surface area (Å²) in [7, 11) is 0. The molecule has 0 spiro atoms. The lowest BCUT2D eigenvalue weighted by molar-refractivity contribution is -0.116. The maximum atomic E-state index is 12.8. The third kappa shape index (κ3) is 6.33. The van der Waals surface area contributed by atoms with Crippen LogP contribution in [0.25, 0.3) is 0 Å². The van der Waals surface area contributed by atoms with Gasteiger partial charge in [-0.15, -0.1) is 10.2 Å². The molecule has 1 N–H and O–H groups in total. The van der Waals surface area contributed by atoms with Crippen LogP contribution in [-0.2, 0) is 4.79 Å². The van der Waals surface area contributed by atoms with Gasteiger partial charge in [-0.2, -0.15) is 5.26 Å². The molecule has 6 nitrogen and oxygen atoms in total. The highest BCUT2D eigenvalue weighted by Gasteiger charge is 2.19. The van der Waals surface area contributed by atoms with Crippen molar-refractivity contribution in [1.82, 2.24) is 10.2 Å². The lowest BCUT2D eigenvalue weighted by Crippen LogP contribution is -2.33. The van der Waals surface area contributed by atoms with Crippen LogP contribution in [0.2, 0.25) is 5.02 Å². The summed E-state index contributed by atoms with van der Waals surface area (Å²) in [6.07, 6.45) is 6.45. The minimum absolute atomic E-state index is 0.0658. The minimum Gasteiger partial charge on any atom is -0.357 e. The summed E-state index contributed by atoms with van der Waals surface area (Å²) in [6, 6.07) is 8.05. The van der Waals surface area contributed by atoms with E-state index < -0.39 is 0 Å². The SMILES string of the molecule is Cc1cc(N(CCC#N)C(=O)CSc2nnc(NC3CCCCC3)s2)ccc1Cl. The fourth-order valence-corrected chi connectivity index (χ4v) is 5.13. The number of nitrogens with one attached hydrogen (secondary N) is 1. The topological polar surface area (TPSA) is 81.9 Å². The number of hydrogen-bond acceptors (Lipinski definition) is 7. The summed E-state index contributed by atoms with van der Waals surface area (Å²) in [5.74, 6) is 0.175. The van der Waals surface area contributed by atoms with Gasteiger partial charge in [0.2, 0.25) is 11.0 Å². The first-order valence-electron chi connectivity index (χ1n) is 9.73. The number of rotatable bonds is 8. The van der Waals surface area contributed by atoms with Crippen molar-refractivity contribution < 1.29 is 4.79 Å². The molecular weight excluding hydrogens is 426 g/mol. The number of halogens is 1. The molecule has 0 radical (unpaired) electrons. The van der Waals surface area contributed by atoms with E-state index in [0.717, 1.165) is 20.7 Å². The Kier molecular flexibility index (Phi) is 8.16. The van der Waals surface area contributed by atoms with Gasteiger partial charge in [-0.25, -0.2) is 0 Å². The van der Waals surface area contributed by atoms with Crippen molar-refractivity contribution in [2.75, 3.05) is 22.5 Å². The molecule has 1 aliphatic rings. The van der Waals surface area contributed by atoms with E-state index in [2.05, 4.69) is 21.6 Å². The van der Waals surface area contributed by atoms with Crippen molar-refractivity contribution in [2.45, 2.75) is 55.8 Å². The summed E-state index contributed by atoms with van der Waals surface area (Å²) in [4.78, 5) is 14.5. The molecule has 0 aliphatic heterocycles. The largest absolute Gasteiger partial charge is 0.357 e. The summed E-state index contributed by atoms with van der Waals surface area (Å²) in [5.41, 5.74) is 1.65. The van der Waals surface area contributed by atoms with Crippen LogP contribution in [0.4, 0.5) is 10.8 Å². The van der Waals surface area contributed by atoms with Gasteiger partial charge >= 0.3 is 0 Å². The van der Waals surface area contributed by atoms with Crippen LogP contribution in [-0.4, -0.2) is 34.4 Å². The van der Waals surface area contributed by atoms with E-state index in [0.29, 0.717) is 17.6 Å². The number of aryl methyl sites for hydroxylation is 1. The predicted octanol–water partition coefficient (Wildman–Crippen LogP) is 5.28. The van der Waals surface area contributed by atoms with Gasteiger partial charge in [0.05, 0.1) is 18.2 Å². The fourth-order valence-electron chi connectivity index (χ4n) is 3.31. The molecule has 0 bridgehead atoms. The van der Waals surface area contributed by atoms with E-state index in [1.807, 2.05) is 19.1 Å². The van der Waals surface area contributed by atoms with Crippen molar-refractivity contribution in [1.29, 1.82) is 5.26 Å². The second-order valence-corrected chi connectivity index (χ2v) is 9.64. The smallest absolute Gasteiger partial charge is 0.237 e. The summed E-state index contributed by atoms with van der Waals surface area (Å²) < 4.78 is 0.768. The van der Waals surface area contributed by atoms with Crippen molar-refractivity contribution in [3.63, 3.8) is 0 Å². The second kappa shape index (κ2) is 10.8. The monoisotopic (exact) mass is 449 g/mol. The number of nitriles is 1.